The summed E-state index contributed by atoms with van der Waals surface area (Å²) in [4.78, 5) is 2.48. The Hall–Kier alpha value is -2.80. The molecule has 3 heterocycles. The molecule has 0 radical (unpaired) electrons. The Morgan fingerprint density at radius 3 is 2.85 bits per heavy atom. The Morgan fingerprint density at radius 2 is 1.89 bits per heavy atom. The summed E-state index contributed by atoms with van der Waals surface area (Å²) >= 11 is 0. The minimum Gasteiger partial charge on any atom is -0.486 e. The first-order chi connectivity index (χ1) is 13.3. The maximum Gasteiger partial charge on any atom is 0.163 e. The fourth-order valence-electron chi connectivity index (χ4n) is 3.87. The van der Waals surface area contributed by atoms with Crippen molar-refractivity contribution in [3.8, 4) is 11.5 Å². The summed E-state index contributed by atoms with van der Waals surface area (Å²) in [5.74, 6) is 1.66. The van der Waals surface area contributed by atoms with Gasteiger partial charge in [-0.3, -0.25) is 4.90 Å². The molecule has 1 saturated heterocycles. The van der Waals surface area contributed by atoms with Crippen molar-refractivity contribution in [1.29, 1.82) is 0 Å². The van der Waals surface area contributed by atoms with Crippen LogP contribution in [0.1, 0.15) is 18.4 Å². The second-order valence-corrected chi connectivity index (χ2v) is 7.16. The van der Waals surface area contributed by atoms with Gasteiger partial charge in [0.1, 0.15) is 24.2 Å². The van der Waals surface area contributed by atoms with Crippen LogP contribution in [-0.2, 0) is 6.54 Å². The Kier molecular flexibility index (Phi) is 4.29. The summed E-state index contributed by atoms with van der Waals surface area (Å²) in [6.45, 7) is 4.24. The minimum absolute atomic E-state index is 0.416. The van der Waals surface area contributed by atoms with Gasteiger partial charge in [-0.1, -0.05) is 6.07 Å². The predicted molar refractivity (Wildman–Crippen MR) is 101 cm³/mol. The molecule has 1 atom stereocenters. The van der Waals surface area contributed by atoms with Crippen molar-refractivity contribution in [2.24, 2.45) is 0 Å². The molecule has 5 rings (SSSR count). The molecule has 0 unspecified atom stereocenters. The molecule has 2 aliphatic rings. The van der Waals surface area contributed by atoms with E-state index in [1.807, 2.05) is 18.2 Å². The molecule has 27 heavy (non-hydrogen) atoms. The number of fused-ring (bicyclic) bond motifs is 2. The second kappa shape index (κ2) is 7.08. The van der Waals surface area contributed by atoms with Crippen LogP contribution in [0.25, 0.3) is 11.0 Å². The predicted octanol–water partition coefficient (Wildman–Crippen LogP) is 3.07. The van der Waals surface area contributed by atoms with Gasteiger partial charge in [0, 0.05) is 30.9 Å². The van der Waals surface area contributed by atoms with E-state index in [1.165, 1.54) is 12.0 Å². The van der Waals surface area contributed by atoms with Gasteiger partial charge in [-0.15, -0.1) is 0 Å². The molecule has 3 aromatic rings. The number of benzene rings is 2. The molecule has 0 amide bonds. The average molecular weight is 366 g/mol. The lowest BCUT2D eigenvalue weighted by Crippen LogP contribution is -2.41. The molecule has 1 fully saturated rings. The molecule has 7 heteroatoms. The quantitative estimate of drug-likeness (QED) is 0.761. The van der Waals surface area contributed by atoms with E-state index in [1.54, 1.807) is 0 Å². The summed E-state index contributed by atoms with van der Waals surface area (Å²) < 4.78 is 16.1. The SMILES string of the molecule is c1cc2nonc2cc1CN1CCC[C@@H](Nc2ccc3c(c2)OCCO3)C1. The third-order valence-corrected chi connectivity index (χ3v) is 5.14. The standard InChI is InChI=1S/C20H22N4O3/c1-2-16(21-15-4-6-19-20(11-15)26-9-8-25-19)13-24(7-1)12-14-3-5-17-18(10-14)23-27-22-17/h3-6,10-11,16,21H,1-2,7-9,12-13H2/t16-/m1/s1. The monoisotopic (exact) mass is 366 g/mol. The van der Waals surface area contributed by atoms with Gasteiger partial charge in [-0.05, 0) is 59.5 Å². The average Bonchev–Trinajstić information content (AvgIpc) is 3.16. The first-order valence-corrected chi connectivity index (χ1v) is 9.43. The highest BCUT2D eigenvalue weighted by Gasteiger charge is 2.21. The summed E-state index contributed by atoms with van der Waals surface area (Å²) in [7, 11) is 0. The number of ether oxygens (including phenoxy) is 2. The first-order valence-electron chi connectivity index (χ1n) is 9.43. The maximum atomic E-state index is 5.69. The van der Waals surface area contributed by atoms with Gasteiger partial charge < -0.3 is 14.8 Å². The van der Waals surface area contributed by atoms with Crippen molar-refractivity contribution < 1.29 is 14.1 Å². The number of likely N-dealkylation sites (tertiary alicyclic amines) is 1. The number of aromatic nitrogens is 2. The molecule has 1 aromatic heterocycles. The van der Waals surface area contributed by atoms with Crippen LogP contribution < -0.4 is 14.8 Å². The van der Waals surface area contributed by atoms with Gasteiger partial charge in [-0.25, -0.2) is 4.63 Å². The van der Waals surface area contributed by atoms with E-state index in [0.717, 1.165) is 54.3 Å². The second-order valence-electron chi connectivity index (χ2n) is 7.16. The van der Waals surface area contributed by atoms with Crippen molar-refractivity contribution in [2.45, 2.75) is 25.4 Å². The van der Waals surface area contributed by atoms with Crippen LogP contribution in [-0.4, -0.2) is 47.6 Å². The molecule has 1 N–H and O–H groups in total. The van der Waals surface area contributed by atoms with Gasteiger partial charge >= 0.3 is 0 Å². The van der Waals surface area contributed by atoms with Gasteiger partial charge in [-0.2, -0.15) is 0 Å². The van der Waals surface area contributed by atoms with Crippen LogP contribution in [0, 0.1) is 0 Å². The van der Waals surface area contributed by atoms with Crippen LogP contribution in [0.2, 0.25) is 0 Å². The van der Waals surface area contributed by atoms with Crippen LogP contribution in [0.4, 0.5) is 5.69 Å². The smallest absolute Gasteiger partial charge is 0.163 e. The van der Waals surface area contributed by atoms with E-state index in [4.69, 9.17) is 14.1 Å². The van der Waals surface area contributed by atoms with Crippen molar-refractivity contribution in [2.75, 3.05) is 31.6 Å². The van der Waals surface area contributed by atoms with Gasteiger partial charge in [0.2, 0.25) is 0 Å². The Morgan fingerprint density at radius 1 is 1.00 bits per heavy atom. The maximum absolute atomic E-state index is 5.69. The summed E-state index contributed by atoms with van der Waals surface area (Å²) in [6, 6.07) is 12.6. The Labute approximate surface area is 157 Å². The normalized spacial score (nSPS) is 19.9. The Balaban J connectivity index is 1.24. The lowest BCUT2D eigenvalue weighted by Gasteiger charge is -2.34. The highest BCUT2D eigenvalue weighted by molar-refractivity contribution is 5.73. The van der Waals surface area contributed by atoms with E-state index in [0.29, 0.717) is 19.3 Å². The van der Waals surface area contributed by atoms with Crippen molar-refractivity contribution in [3.05, 3.63) is 42.0 Å². The highest BCUT2D eigenvalue weighted by atomic mass is 16.6. The highest BCUT2D eigenvalue weighted by Crippen LogP contribution is 2.33. The molecular formula is C20H22N4O3. The number of nitrogens with one attached hydrogen (secondary N) is 1. The molecule has 0 saturated carbocycles. The summed E-state index contributed by atoms with van der Waals surface area (Å²) in [5.41, 5.74) is 3.94. The van der Waals surface area contributed by atoms with Crippen LogP contribution in [0.5, 0.6) is 11.5 Å². The molecule has 0 spiro atoms. The largest absolute Gasteiger partial charge is 0.486 e. The number of hydrogen-bond acceptors (Lipinski definition) is 7. The lowest BCUT2D eigenvalue weighted by molar-refractivity contribution is 0.171. The fourth-order valence-corrected chi connectivity index (χ4v) is 3.87. The minimum atomic E-state index is 0.416. The van der Waals surface area contributed by atoms with Gasteiger partial charge in [0.25, 0.3) is 0 Å². The third-order valence-electron chi connectivity index (χ3n) is 5.14. The molecule has 2 aromatic carbocycles. The molecule has 0 bridgehead atoms. The van der Waals surface area contributed by atoms with Crippen LogP contribution in [0.3, 0.4) is 0 Å². The molecule has 7 nitrogen and oxygen atoms in total. The van der Waals surface area contributed by atoms with E-state index < -0.39 is 0 Å². The Bertz CT molecular complexity index is 942. The van der Waals surface area contributed by atoms with Gasteiger partial charge in [0.05, 0.1) is 0 Å². The lowest BCUT2D eigenvalue weighted by atomic mass is 10.0. The molecule has 2 aliphatic heterocycles. The van der Waals surface area contributed by atoms with Crippen molar-refractivity contribution >= 4 is 16.7 Å². The zero-order chi connectivity index (χ0) is 18.1. The van der Waals surface area contributed by atoms with Gasteiger partial charge in [0.15, 0.2) is 11.5 Å². The van der Waals surface area contributed by atoms with E-state index >= 15 is 0 Å². The molecular weight excluding hydrogens is 344 g/mol. The number of piperidine rings is 1. The summed E-state index contributed by atoms with van der Waals surface area (Å²) in [6.07, 6.45) is 2.34. The number of nitrogens with zero attached hydrogens (tertiary/aromatic N) is 3. The van der Waals surface area contributed by atoms with E-state index in [2.05, 4.69) is 38.7 Å². The zero-order valence-electron chi connectivity index (χ0n) is 15.1. The first kappa shape index (κ1) is 16.4. The topological polar surface area (TPSA) is 72.7 Å². The summed E-state index contributed by atoms with van der Waals surface area (Å²) in [5, 5.41) is 11.5. The van der Waals surface area contributed by atoms with Crippen molar-refractivity contribution in [3.63, 3.8) is 0 Å². The van der Waals surface area contributed by atoms with Crippen LogP contribution in [0.15, 0.2) is 41.0 Å². The third kappa shape index (κ3) is 3.55. The molecule has 140 valence electrons. The van der Waals surface area contributed by atoms with E-state index in [9.17, 15) is 0 Å². The zero-order valence-corrected chi connectivity index (χ0v) is 15.1. The molecule has 0 aliphatic carbocycles. The number of anilines is 1. The number of hydrogen-bond donors (Lipinski definition) is 1. The number of rotatable bonds is 4. The van der Waals surface area contributed by atoms with Crippen LogP contribution >= 0.6 is 0 Å². The van der Waals surface area contributed by atoms with Crippen molar-refractivity contribution in [1.82, 2.24) is 15.2 Å². The van der Waals surface area contributed by atoms with E-state index in [-0.39, 0.29) is 0 Å². The fraction of sp³-hybridized carbons (Fsp3) is 0.400.